The summed E-state index contributed by atoms with van der Waals surface area (Å²) in [7, 11) is -4.19. The van der Waals surface area contributed by atoms with Crippen LogP contribution in [0.15, 0.2) is 18.2 Å². The number of amides is 1. The van der Waals surface area contributed by atoms with Crippen molar-refractivity contribution >= 4 is 27.7 Å². The summed E-state index contributed by atoms with van der Waals surface area (Å²) >= 11 is 0. The van der Waals surface area contributed by atoms with E-state index in [0.717, 1.165) is 18.2 Å². The Kier molecular flexibility index (Phi) is 4.54. The van der Waals surface area contributed by atoms with Crippen molar-refractivity contribution in [3.8, 4) is 0 Å². The number of nitrogens with one attached hydrogen (secondary N) is 2. The molecule has 4 N–H and O–H groups in total. The fourth-order valence-electron chi connectivity index (χ4n) is 1.14. The summed E-state index contributed by atoms with van der Waals surface area (Å²) in [6, 6.07) is 3.11. The van der Waals surface area contributed by atoms with Crippen LogP contribution in [0.3, 0.4) is 0 Å². The molecule has 0 spiro atoms. The Balaban J connectivity index is 2.77. The zero-order chi connectivity index (χ0) is 14.6. The molecule has 1 rings (SSSR count). The maximum atomic E-state index is 12.8. The van der Waals surface area contributed by atoms with E-state index in [2.05, 4.69) is 4.74 Å². The number of nitrogen functional groups attached to an aromatic ring is 1. The van der Waals surface area contributed by atoms with Crippen molar-refractivity contribution in [2.24, 2.45) is 0 Å². The second-order valence-corrected chi connectivity index (χ2v) is 5.31. The molecule has 0 saturated heterocycles. The van der Waals surface area contributed by atoms with Crippen LogP contribution in [0.5, 0.6) is 0 Å². The quantitative estimate of drug-likeness (QED) is 0.722. The molecule has 0 aliphatic rings. The Morgan fingerprint density at radius 3 is 2.58 bits per heavy atom. The molecule has 7 nitrogen and oxygen atoms in total. The third kappa shape index (κ3) is 5.00. The minimum Gasteiger partial charge on any atom is -0.446 e. The van der Waals surface area contributed by atoms with E-state index in [-0.39, 0.29) is 11.4 Å². The highest BCUT2D eigenvalue weighted by atomic mass is 32.2. The molecule has 0 unspecified atom stereocenters. The molecular weight excluding hydrogens is 277 g/mol. The van der Waals surface area contributed by atoms with Crippen LogP contribution in [0.25, 0.3) is 0 Å². The Hall–Kier alpha value is -2.03. The van der Waals surface area contributed by atoms with Gasteiger partial charge in [-0.15, -0.1) is 0 Å². The first kappa shape index (κ1) is 15.0. The van der Waals surface area contributed by atoms with Gasteiger partial charge in [-0.25, -0.2) is 13.9 Å². The number of hydrogen-bond donors (Lipinski definition) is 3. The molecule has 9 heteroatoms. The first-order valence-electron chi connectivity index (χ1n) is 5.26. The molecule has 0 atom stereocenters. The largest absolute Gasteiger partial charge is 0.446 e. The van der Waals surface area contributed by atoms with Crippen molar-refractivity contribution in [2.45, 2.75) is 20.0 Å². The van der Waals surface area contributed by atoms with Crippen molar-refractivity contribution < 1.29 is 22.3 Å². The lowest BCUT2D eigenvalue weighted by atomic mass is 10.3. The SMILES string of the molecule is CC(C)OC(=O)NS(=O)(=O)Nc1ccc(F)cc1N. The van der Waals surface area contributed by atoms with E-state index in [1.807, 2.05) is 4.72 Å². The van der Waals surface area contributed by atoms with Gasteiger partial charge in [-0.1, -0.05) is 0 Å². The lowest BCUT2D eigenvalue weighted by molar-refractivity contribution is 0.121. The summed E-state index contributed by atoms with van der Waals surface area (Å²) in [6.07, 6.45) is -1.59. The van der Waals surface area contributed by atoms with Gasteiger partial charge >= 0.3 is 16.3 Å². The number of halogens is 1. The van der Waals surface area contributed by atoms with Gasteiger partial charge in [0.25, 0.3) is 0 Å². The lowest BCUT2D eigenvalue weighted by Crippen LogP contribution is -2.37. The van der Waals surface area contributed by atoms with Crippen LogP contribution < -0.4 is 15.2 Å². The average Bonchev–Trinajstić information content (AvgIpc) is 2.19. The maximum Gasteiger partial charge on any atom is 0.422 e. The summed E-state index contributed by atoms with van der Waals surface area (Å²) in [5.74, 6) is -0.604. The summed E-state index contributed by atoms with van der Waals surface area (Å²) in [4.78, 5) is 11.2. The average molecular weight is 291 g/mol. The third-order valence-corrected chi connectivity index (χ3v) is 2.74. The highest BCUT2D eigenvalue weighted by Crippen LogP contribution is 2.19. The molecule has 0 radical (unpaired) electrons. The molecule has 0 bridgehead atoms. The van der Waals surface area contributed by atoms with Crippen LogP contribution in [-0.2, 0) is 14.9 Å². The number of anilines is 2. The highest BCUT2D eigenvalue weighted by molar-refractivity contribution is 7.91. The number of rotatable bonds is 4. The number of carbonyl (C=O) groups is 1. The van der Waals surface area contributed by atoms with E-state index in [1.54, 1.807) is 18.6 Å². The number of carbonyl (C=O) groups excluding carboxylic acids is 1. The monoisotopic (exact) mass is 291 g/mol. The van der Waals surface area contributed by atoms with Gasteiger partial charge in [0, 0.05) is 0 Å². The van der Waals surface area contributed by atoms with Crippen LogP contribution in [-0.4, -0.2) is 20.6 Å². The standard InChI is InChI=1S/C10H14FN3O4S/c1-6(2)18-10(15)14-19(16,17)13-9-4-3-7(11)5-8(9)12/h3-6,13H,12H2,1-2H3,(H,14,15). The molecule has 0 saturated carbocycles. The van der Waals surface area contributed by atoms with Gasteiger partial charge in [0.05, 0.1) is 17.5 Å². The predicted molar refractivity (Wildman–Crippen MR) is 68.1 cm³/mol. The van der Waals surface area contributed by atoms with Crippen LogP contribution in [0.4, 0.5) is 20.6 Å². The molecule has 0 aliphatic carbocycles. The number of nitrogens with two attached hydrogens (primary N) is 1. The number of ether oxygens (including phenoxy) is 1. The van der Waals surface area contributed by atoms with E-state index in [1.165, 1.54) is 0 Å². The zero-order valence-electron chi connectivity index (χ0n) is 10.3. The summed E-state index contributed by atoms with van der Waals surface area (Å²) < 4.78 is 44.1. The smallest absolute Gasteiger partial charge is 0.422 e. The Bertz CT molecular complexity index is 574. The van der Waals surface area contributed by atoms with Crippen LogP contribution >= 0.6 is 0 Å². The van der Waals surface area contributed by atoms with Crippen molar-refractivity contribution in [2.75, 3.05) is 10.5 Å². The Labute approximate surface area is 110 Å². The highest BCUT2D eigenvalue weighted by Gasteiger charge is 2.17. The maximum absolute atomic E-state index is 12.8. The fourth-order valence-corrected chi connectivity index (χ4v) is 1.94. The van der Waals surface area contributed by atoms with Gasteiger partial charge in [-0.05, 0) is 32.0 Å². The van der Waals surface area contributed by atoms with Gasteiger partial charge in [0.1, 0.15) is 5.82 Å². The minimum atomic E-state index is -4.19. The summed E-state index contributed by atoms with van der Waals surface area (Å²) in [6.45, 7) is 3.13. The topological polar surface area (TPSA) is 111 Å². The van der Waals surface area contributed by atoms with E-state index in [4.69, 9.17) is 5.73 Å². The van der Waals surface area contributed by atoms with E-state index in [0.29, 0.717) is 0 Å². The Morgan fingerprint density at radius 1 is 1.42 bits per heavy atom. The second-order valence-electron chi connectivity index (χ2n) is 3.89. The molecular formula is C10H14FN3O4S. The molecule has 106 valence electrons. The van der Waals surface area contributed by atoms with Gasteiger partial charge in [-0.2, -0.15) is 8.42 Å². The van der Waals surface area contributed by atoms with E-state index < -0.39 is 28.2 Å². The lowest BCUT2D eigenvalue weighted by Gasteiger charge is -2.12. The van der Waals surface area contributed by atoms with Crippen molar-refractivity contribution in [1.29, 1.82) is 0 Å². The first-order chi connectivity index (χ1) is 8.69. The molecule has 1 aromatic carbocycles. The molecule has 0 aliphatic heterocycles. The van der Waals surface area contributed by atoms with E-state index in [9.17, 15) is 17.6 Å². The van der Waals surface area contributed by atoms with Crippen molar-refractivity contribution in [3.63, 3.8) is 0 Å². The molecule has 1 amide bonds. The van der Waals surface area contributed by atoms with Crippen LogP contribution in [0, 0.1) is 5.82 Å². The van der Waals surface area contributed by atoms with Crippen LogP contribution in [0.2, 0.25) is 0 Å². The molecule has 0 aromatic heterocycles. The third-order valence-electron chi connectivity index (χ3n) is 1.82. The zero-order valence-corrected chi connectivity index (χ0v) is 11.1. The van der Waals surface area contributed by atoms with Gasteiger partial charge in [-0.3, -0.25) is 4.72 Å². The molecule has 0 heterocycles. The van der Waals surface area contributed by atoms with Crippen LogP contribution in [0.1, 0.15) is 13.8 Å². The molecule has 0 fully saturated rings. The number of benzene rings is 1. The number of hydrogen-bond acceptors (Lipinski definition) is 5. The Morgan fingerprint density at radius 2 is 2.05 bits per heavy atom. The molecule has 19 heavy (non-hydrogen) atoms. The minimum absolute atomic E-state index is 0.0498. The second kappa shape index (κ2) is 5.74. The van der Waals surface area contributed by atoms with E-state index >= 15 is 0 Å². The van der Waals surface area contributed by atoms with Crippen molar-refractivity contribution in [1.82, 2.24) is 4.72 Å². The normalized spacial score (nSPS) is 11.2. The van der Waals surface area contributed by atoms with Crippen molar-refractivity contribution in [3.05, 3.63) is 24.0 Å². The van der Waals surface area contributed by atoms with Gasteiger partial charge in [0.2, 0.25) is 0 Å². The first-order valence-corrected chi connectivity index (χ1v) is 6.74. The van der Waals surface area contributed by atoms with Gasteiger partial charge < -0.3 is 10.5 Å². The van der Waals surface area contributed by atoms with Gasteiger partial charge in [0.15, 0.2) is 0 Å². The predicted octanol–water partition coefficient (Wildman–Crippen LogP) is 1.20. The molecule has 1 aromatic rings. The summed E-state index contributed by atoms with van der Waals surface area (Å²) in [5.41, 5.74) is 5.27. The summed E-state index contributed by atoms with van der Waals surface area (Å²) in [5, 5.41) is 0. The fraction of sp³-hybridized carbons (Fsp3) is 0.300.